The van der Waals surface area contributed by atoms with Gasteiger partial charge in [-0.1, -0.05) is 0 Å². The Kier molecular flexibility index (Phi) is 3.79. The van der Waals surface area contributed by atoms with E-state index >= 15 is 0 Å². The van der Waals surface area contributed by atoms with Gasteiger partial charge in [0.25, 0.3) is 0 Å². The molecule has 0 radical (unpaired) electrons. The molecule has 15 heavy (non-hydrogen) atoms. The highest BCUT2D eigenvalue weighted by molar-refractivity contribution is 5.87. The lowest BCUT2D eigenvalue weighted by Crippen LogP contribution is -2.00. The number of rotatable bonds is 3. The standard InChI is InChI=1S/C10H11FN2O2/c1-2-15-10(14)6-4-8-7(12)3-5-9(11)13-8/h3-6H,2,12H2,1H3/b6-4+. The molecule has 80 valence electrons. The number of carbonyl (C=O) groups excluding carboxylic acids is 1. The summed E-state index contributed by atoms with van der Waals surface area (Å²) in [6, 6.07) is 2.53. The van der Waals surface area contributed by atoms with E-state index in [2.05, 4.69) is 9.72 Å². The normalized spacial score (nSPS) is 10.5. The first kappa shape index (κ1) is 11.2. The van der Waals surface area contributed by atoms with Crippen molar-refractivity contribution in [2.24, 2.45) is 0 Å². The molecule has 0 atom stereocenters. The molecule has 0 spiro atoms. The monoisotopic (exact) mass is 210 g/mol. The van der Waals surface area contributed by atoms with Crippen LogP contribution in [0.15, 0.2) is 18.2 Å². The highest BCUT2D eigenvalue weighted by atomic mass is 19.1. The van der Waals surface area contributed by atoms with Crippen molar-refractivity contribution in [2.75, 3.05) is 12.3 Å². The van der Waals surface area contributed by atoms with Crippen molar-refractivity contribution in [3.8, 4) is 0 Å². The Hall–Kier alpha value is -1.91. The lowest BCUT2D eigenvalue weighted by atomic mass is 10.3. The summed E-state index contributed by atoms with van der Waals surface area (Å²) >= 11 is 0. The number of nitrogens with two attached hydrogens (primary N) is 1. The molecule has 2 N–H and O–H groups in total. The average molecular weight is 210 g/mol. The zero-order valence-corrected chi connectivity index (χ0v) is 8.24. The topological polar surface area (TPSA) is 65.2 Å². The molecule has 0 aromatic carbocycles. The molecule has 1 heterocycles. The molecule has 1 aromatic heterocycles. The number of hydrogen-bond acceptors (Lipinski definition) is 4. The highest BCUT2D eigenvalue weighted by Crippen LogP contribution is 2.10. The van der Waals surface area contributed by atoms with Crippen LogP contribution in [0, 0.1) is 5.95 Å². The van der Waals surface area contributed by atoms with Crippen molar-refractivity contribution in [1.82, 2.24) is 4.98 Å². The molecule has 4 nitrogen and oxygen atoms in total. The third kappa shape index (κ3) is 3.38. The van der Waals surface area contributed by atoms with Crippen LogP contribution in [0.4, 0.5) is 10.1 Å². The molecule has 0 fully saturated rings. The van der Waals surface area contributed by atoms with Gasteiger partial charge in [-0.15, -0.1) is 0 Å². The van der Waals surface area contributed by atoms with E-state index in [1.807, 2.05) is 0 Å². The van der Waals surface area contributed by atoms with Crippen LogP contribution in [0.2, 0.25) is 0 Å². The molecule has 0 bridgehead atoms. The van der Waals surface area contributed by atoms with E-state index in [4.69, 9.17) is 5.73 Å². The van der Waals surface area contributed by atoms with Crippen molar-refractivity contribution < 1.29 is 13.9 Å². The van der Waals surface area contributed by atoms with Gasteiger partial charge in [0, 0.05) is 6.08 Å². The van der Waals surface area contributed by atoms with E-state index in [1.165, 1.54) is 12.1 Å². The van der Waals surface area contributed by atoms with Crippen molar-refractivity contribution in [3.05, 3.63) is 29.9 Å². The van der Waals surface area contributed by atoms with E-state index in [0.717, 1.165) is 12.1 Å². The number of halogens is 1. The Morgan fingerprint density at radius 1 is 1.67 bits per heavy atom. The molecule has 1 rings (SSSR count). The van der Waals surface area contributed by atoms with Crippen LogP contribution in [-0.2, 0) is 9.53 Å². The maximum absolute atomic E-state index is 12.7. The summed E-state index contributed by atoms with van der Waals surface area (Å²) in [5.74, 6) is -1.16. The van der Waals surface area contributed by atoms with Crippen LogP contribution in [0.5, 0.6) is 0 Å². The van der Waals surface area contributed by atoms with Crippen LogP contribution in [0.3, 0.4) is 0 Å². The predicted octanol–water partition coefficient (Wildman–Crippen LogP) is 1.38. The van der Waals surface area contributed by atoms with E-state index in [1.54, 1.807) is 6.92 Å². The van der Waals surface area contributed by atoms with Crippen LogP contribution in [0.1, 0.15) is 12.6 Å². The van der Waals surface area contributed by atoms with Crippen LogP contribution >= 0.6 is 0 Å². The van der Waals surface area contributed by atoms with Crippen molar-refractivity contribution in [3.63, 3.8) is 0 Å². The highest BCUT2D eigenvalue weighted by Gasteiger charge is 2.00. The number of aromatic nitrogens is 1. The Labute approximate surface area is 86.6 Å². The van der Waals surface area contributed by atoms with Gasteiger partial charge in [-0.3, -0.25) is 0 Å². The first-order valence-corrected chi connectivity index (χ1v) is 4.40. The van der Waals surface area contributed by atoms with Gasteiger partial charge in [-0.2, -0.15) is 4.39 Å². The minimum atomic E-state index is -0.646. The number of nitrogen functional groups attached to an aromatic ring is 1. The number of carbonyl (C=O) groups is 1. The summed E-state index contributed by atoms with van der Waals surface area (Å²) in [4.78, 5) is 14.5. The summed E-state index contributed by atoms with van der Waals surface area (Å²) in [6.45, 7) is 1.98. The van der Waals surface area contributed by atoms with Gasteiger partial charge < -0.3 is 10.5 Å². The molecule has 0 saturated heterocycles. The average Bonchev–Trinajstić information content (AvgIpc) is 2.20. The van der Waals surface area contributed by atoms with Crippen molar-refractivity contribution in [2.45, 2.75) is 6.92 Å². The Balaban J connectivity index is 2.79. The minimum Gasteiger partial charge on any atom is -0.463 e. The first-order valence-electron chi connectivity index (χ1n) is 4.40. The van der Waals surface area contributed by atoms with Gasteiger partial charge >= 0.3 is 5.97 Å². The van der Waals surface area contributed by atoms with E-state index in [0.29, 0.717) is 5.69 Å². The number of nitrogens with zero attached hydrogens (tertiary/aromatic N) is 1. The Morgan fingerprint density at radius 2 is 2.40 bits per heavy atom. The van der Waals surface area contributed by atoms with Crippen LogP contribution in [-0.4, -0.2) is 17.6 Å². The van der Waals surface area contributed by atoms with Gasteiger partial charge in [-0.25, -0.2) is 9.78 Å². The fourth-order valence-corrected chi connectivity index (χ4v) is 0.932. The maximum Gasteiger partial charge on any atom is 0.330 e. The summed E-state index contributed by atoms with van der Waals surface area (Å²) in [5, 5.41) is 0. The SMILES string of the molecule is CCOC(=O)/C=C/c1nc(F)ccc1N. The number of hydrogen-bond donors (Lipinski definition) is 1. The summed E-state index contributed by atoms with van der Waals surface area (Å²) in [5.41, 5.74) is 6.03. The fraction of sp³-hybridized carbons (Fsp3) is 0.200. The second-order valence-corrected chi connectivity index (χ2v) is 2.69. The number of ether oxygens (including phenoxy) is 1. The first-order chi connectivity index (χ1) is 7.13. The largest absolute Gasteiger partial charge is 0.463 e. The Bertz CT molecular complexity index is 391. The molecular weight excluding hydrogens is 199 g/mol. The Morgan fingerprint density at radius 3 is 3.07 bits per heavy atom. The third-order valence-corrected chi connectivity index (χ3v) is 1.59. The van der Waals surface area contributed by atoms with Gasteiger partial charge in [0.15, 0.2) is 0 Å². The van der Waals surface area contributed by atoms with E-state index < -0.39 is 11.9 Å². The second-order valence-electron chi connectivity index (χ2n) is 2.69. The molecule has 0 saturated carbocycles. The maximum atomic E-state index is 12.7. The molecule has 5 heteroatoms. The summed E-state index contributed by atoms with van der Waals surface area (Å²) < 4.78 is 17.3. The zero-order valence-electron chi connectivity index (χ0n) is 8.24. The van der Waals surface area contributed by atoms with Crippen LogP contribution in [0.25, 0.3) is 6.08 Å². The van der Waals surface area contributed by atoms with Gasteiger partial charge in [0.2, 0.25) is 5.95 Å². The molecule has 0 aliphatic rings. The third-order valence-electron chi connectivity index (χ3n) is 1.59. The zero-order chi connectivity index (χ0) is 11.3. The lowest BCUT2D eigenvalue weighted by Gasteiger charge is -1.98. The van der Waals surface area contributed by atoms with Gasteiger partial charge in [-0.05, 0) is 25.1 Å². The van der Waals surface area contributed by atoms with Crippen molar-refractivity contribution in [1.29, 1.82) is 0 Å². The number of anilines is 1. The number of pyridine rings is 1. The van der Waals surface area contributed by atoms with Gasteiger partial charge in [0.1, 0.15) is 0 Å². The fourth-order valence-electron chi connectivity index (χ4n) is 0.932. The molecule has 0 amide bonds. The van der Waals surface area contributed by atoms with Crippen LogP contribution < -0.4 is 5.73 Å². The van der Waals surface area contributed by atoms with Gasteiger partial charge in [0.05, 0.1) is 18.0 Å². The molecule has 0 unspecified atom stereocenters. The second kappa shape index (κ2) is 5.09. The molecule has 0 aliphatic heterocycles. The van der Waals surface area contributed by atoms with Crippen molar-refractivity contribution >= 4 is 17.7 Å². The molecule has 0 aliphatic carbocycles. The molecular formula is C10H11FN2O2. The smallest absolute Gasteiger partial charge is 0.330 e. The summed E-state index contributed by atoms with van der Waals surface area (Å²) in [7, 11) is 0. The molecule has 1 aromatic rings. The number of esters is 1. The minimum absolute atomic E-state index is 0.211. The quantitative estimate of drug-likeness (QED) is 0.465. The summed E-state index contributed by atoms with van der Waals surface area (Å²) in [6.07, 6.45) is 2.47. The van der Waals surface area contributed by atoms with E-state index in [-0.39, 0.29) is 12.3 Å². The van der Waals surface area contributed by atoms with E-state index in [9.17, 15) is 9.18 Å². The predicted molar refractivity (Wildman–Crippen MR) is 54.3 cm³/mol. The lowest BCUT2D eigenvalue weighted by molar-refractivity contribution is -0.137.